The minimum absolute atomic E-state index is 0.216. The maximum absolute atomic E-state index is 13.0. The zero-order chi connectivity index (χ0) is 17.6. The molecule has 134 valence electrons. The molecule has 5 nitrogen and oxygen atoms in total. The number of nitrogens with one attached hydrogen (secondary N) is 1. The van der Waals surface area contributed by atoms with Gasteiger partial charge in [0.2, 0.25) is 0 Å². The summed E-state index contributed by atoms with van der Waals surface area (Å²) in [6.45, 7) is 5.99. The third-order valence-electron chi connectivity index (χ3n) is 4.49. The Morgan fingerprint density at radius 1 is 1.12 bits per heavy atom. The number of benzene rings is 1. The largest absolute Gasteiger partial charge is 0.451 e. The van der Waals surface area contributed by atoms with E-state index < -0.39 is 0 Å². The van der Waals surface area contributed by atoms with Gasteiger partial charge in [0.1, 0.15) is 11.6 Å². The van der Waals surface area contributed by atoms with Gasteiger partial charge in [-0.05, 0) is 56.4 Å². The first-order chi connectivity index (χ1) is 12.1. The van der Waals surface area contributed by atoms with E-state index in [1.165, 1.54) is 12.1 Å². The molecule has 0 bridgehead atoms. The lowest BCUT2D eigenvalue weighted by molar-refractivity contribution is 0.0922. The molecule has 1 aromatic heterocycles. The van der Waals surface area contributed by atoms with Gasteiger partial charge in [-0.15, -0.1) is 0 Å². The van der Waals surface area contributed by atoms with E-state index in [9.17, 15) is 9.18 Å². The monoisotopic (exact) mass is 345 g/mol. The summed E-state index contributed by atoms with van der Waals surface area (Å²) in [4.78, 5) is 16.9. The molecule has 25 heavy (non-hydrogen) atoms. The van der Waals surface area contributed by atoms with Crippen molar-refractivity contribution in [1.82, 2.24) is 15.1 Å². The number of carbonyl (C=O) groups is 1. The molecule has 1 aliphatic heterocycles. The van der Waals surface area contributed by atoms with Crippen molar-refractivity contribution < 1.29 is 13.6 Å². The van der Waals surface area contributed by atoms with Gasteiger partial charge in [0.15, 0.2) is 5.76 Å². The third-order valence-corrected chi connectivity index (χ3v) is 4.49. The van der Waals surface area contributed by atoms with Crippen molar-refractivity contribution in [1.29, 1.82) is 0 Å². The summed E-state index contributed by atoms with van der Waals surface area (Å²) in [5, 5.41) is 2.89. The number of hydrogen-bond donors (Lipinski definition) is 1. The Morgan fingerprint density at radius 2 is 1.84 bits per heavy atom. The molecule has 1 N–H and O–H groups in total. The summed E-state index contributed by atoms with van der Waals surface area (Å²) in [6.07, 6.45) is 0.918. The summed E-state index contributed by atoms with van der Waals surface area (Å²) in [7, 11) is 2.14. The van der Waals surface area contributed by atoms with Crippen LogP contribution in [0, 0.1) is 5.82 Å². The van der Waals surface area contributed by atoms with Crippen LogP contribution >= 0.6 is 0 Å². The molecule has 6 heteroatoms. The predicted octanol–water partition coefficient (Wildman–Crippen LogP) is 2.45. The van der Waals surface area contributed by atoms with Crippen LogP contribution in [0.5, 0.6) is 0 Å². The van der Waals surface area contributed by atoms with Gasteiger partial charge in [-0.2, -0.15) is 0 Å². The Bertz CT molecular complexity index is 691. The van der Waals surface area contributed by atoms with Gasteiger partial charge in [-0.3, -0.25) is 4.79 Å². The third kappa shape index (κ3) is 4.90. The molecule has 1 aliphatic rings. The van der Waals surface area contributed by atoms with E-state index in [0.717, 1.165) is 44.7 Å². The number of likely N-dealkylation sites (N-methyl/N-ethyl adjacent to an activating group) is 1. The average Bonchev–Trinajstić information content (AvgIpc) is 3.11. The Morgan fingerprint density at radius 3 is 2.56 bits per heavy atom. The van der Waals surface area contributed by atoms with Gasteiger partial charge in [0, 0.05) is 38.3 Å². The second kappa shape index (κ2) is 8.27. The lowest BCUT2D eigenvalue weighted by Crippen LogP contribution is -2.45. The summed E-state index contributed by atoms with van der Waals surface area (Å²) in [6, 6.07) is 9.38. The molecule has 0 saturated carbocycles. The Labute approximate surface area is 147 Å². The molecular weight excluding hydrogens is 321 g/mol. The molecule has 0 spiro atoms. The van der Waals surface area contributed by atoms with Crippen LogP contribution in [0.1, 0.15) is 17.0 Å². The summed E-state index contributed by atoms with van der Waals surface area (Å²) < 4.78 is 18.5. The van der Waals surface area contributed by atoms with Gasteiger partial charge >= 0.3 is 0 Å². The van der Waals surface area contributed by atoms with Crippen LogP contribution < -0.4 is 5.32 Å². The molecule has 0 radical (unpaired) electrons. The highest BCUT2D eigenvalue weighted by Gasteiger charge is 2.14. The van der Waals surface area contributed by atoms with Gasteiger partial charge in [-0.1, -0.05) is 0 Å². The van der Waals surface area contributed by atoms with Crippen molar-refractivity contribution >= 4 is 5.91 Å². The van der Waals surface area contributed by atoms with Crippen LogP contribution in [0.2, 0.25) is 0 Å². The number of piperazine rings is 1. The highest BCUT2D eigenvalue weighted by molar-refractivity contribution is 5.92. The van der Waals surface area contributed by atoms with Crippen LogP contribution in [0.4, 0.5) is 4.39 Å². The average molecular weight is 345 g/mol. The maximum Gasteiger partial charge on any atom is 0.287 e. The fourth-order valence-corrected chi connectivity index (χ4v) is 2.89. The molecule has 0 aliphatic carbocycles. The molecule has 1 fully saturated rings. The van der Waals surface area contributed by atoms with Crippen molar-refractivity contribution in [3.63, 3.8) is 0 Å². The first kappa shape index (κ1) is 17.6. The first-order valence-electron chi connectivity index (χ1n) is 8.67. The molecule has 1 aromatic carbocycles. The molecule has 0 atom stereocenters. The minimum atomic E-state index is -0.298. The molecule has 2 heterocycles. The van der Waals surface area contributed by atoms with E-state index in [0.29, 0.717) is 12.3 Å². The summed E-state index contributed by atoms with van der Waals surface area (Å²) in [5.74, 6) is 0.321. The Balaban J connectivity index is 1.43. The van der Waals surface area contributed by atoms with Crippen molar-refractivity contribution in [3.05, 3.63) is 48.0 Å². The van der Waals surface area contributed by atoms with Crippen LogP contribution in [0.15, 0.2) is 40.8 Å². The van der Waals surface area contributed by atoms with Crippen molar-refractivity contribution in [2.75, 3.05) is 46.3 Å². The number of carbonyl (C=O) groups excluding carboxylic acids is 1. The summed E-state index contributed by atoms with van der Waals surface area (Å²) in [5.41, 5.74) is 0.746. The number of rotatable bonds is 6. The number of amides is 1. The number of hydrogen-bond acceptors (Lipinski definition) is 4. The highest BCUT2D eigenvalue weighted by atomic mass is 19.1. The second-order valence-corrected chi connectivity index (χ2v) is 6.43. The zero-order valence-corrected chi connectivity index (χ0v) is 14.5. The SMILES string of the molecule is CN1CCN(CCCNC(=O)c2ccc(-c3ccc(F)cc3)o2)CC1. The molecule has 3 rings (SSSR count). The number of nitrogens with zero attached hydrogens (tertiary/aromatic N) is 2. The highest BCUT2D eigenvalue weighted by Crippen LogP contribution is 2.22. The zero-order valence-electron chi connectivity index (χ0n) is 14.5. The van der Waals surface area contributed by atoms with E-state index in [1.54, 1.807) is 24.3 Å². The predicted molar refractivity (Wildman–Crippen MR) is 95.0 cm³/mol. The normalized spacial score (nSPS) is 16.1. The molecule has 0 unspecified atom stereocenters. The van der Waals surface area contributed by atoms with E-state index in [2.05, 4.69) is 22.2 Å². The topological polar surface area (TPSA) is 48.7 Å². The van der Waals surface area contributed by atoms with Gasteiger partial charge in [-0.25, -0.2) is 4.39 Å². The van der Waals surface area contributed by atoms with Gasteiger partial charge in [0.25, 0.3) is 5.91 Å². The smallest absolute Gasteiger partial charge is 0.287 e. The van der Waals surface area contributed by atoms with E-state index >= 15 is 0 Å². The minimum Gasteiger partial charge on any atom is -0.451 e. The second-order valence-electron chi connectivity index (χ2n) is 6.43. The molecule has 2 aromatic rings. The van der Waals surface area contributed by atoms with Gasteiger partial charge in [0.05, 0.1) is 0 Å². The first-order valence-corrected chi connectivity index (χ1v) is 8.67. The van der Waals surface area contributed by atoms with E-state index in [-0.39, 0.29) is 17.5 Å². The molecular formula is C19H24FN3O2. The van der Waals surface area contributed by atoms with E-state index in [1.807, 2.05) is 0 Å². The van der Waals surface area contributed by atoms with Crippen LogP contribution in [0.25, 0.3) is 11.3 Å². The molecule has 1 amide bonds. The van der Waals surface area contributed by atoms with Crippen molar-refractivity contribution in [2.45, 2.75) is 6.42 Å². The lowest BCUT2D eigenvalue weighted by atomic mass is 10.2. The van der Waals surface area contributed by atoms with Crippen LogP contribution in [-0.2, 0) is 0 Å². The quantitative estimate of drug-likeness (QED) is 0.817. The Hall–Kier alpha value is -2.18. The fraction of sp³-hybridized carbons (Fsp3) is 0.421. The Kier molecular flexibility index (Phi) is 5.83. The maximum atomic E-state index is 13.0. The molecule has 1 saturated heterocycles. The van der Waals surface area contributed by atoms with Crippen molar-refractivity contribution in [3.8, 4) is 11.3 Å². The lowest BCUT2D eigenvalue weighted by Gasteiger charge is -2.32. The van der Waals surface area contributed by atoms with Gasteiger partial charge < -0.3 is 19.5 Å². The van der Waals surface area contributed by atoms with Crippen LogP contribution in [0.3, 0.4) is 0 Å². The fourth-order valence-electron chi connectivity index (χ4n) is 2.89. The van der Waals surface area contributed by atoms with E-state index in [4.69, 9.17) is 4.42 Å². The standard InChI is InChI=1S/C19H24FN3O2/c1-22-11-13-23(14-12-22)10-2-9-21-19(24)18-8-7-17(25-18)15-3-5-16(20)6-4-15/h3-8H,2,9-14H2,1H3,(H,21,24). The van der Waals surface area contributed by atoms with Crippen molar-refractivity contribution in [2.24, 2.45) is 0 Å². The number of furan rings is 1. The summed E-state index contributed by atoms with van der Waals surface area (Å²) >= 11 is 0. The van der Waals surface area contributed by atoms with Crippen LogP contribution in [-0.4, -0.2) is 62.0 Å². The number of halogens is 1.